The zero-order valence-electron chi connectivity index (χ0n) is 9.86. The molecule has 2 aromatic carbocycles. The van der Waals surface area contributed by atoms with Gasteiger partial charge in [-0.2, -0.15) is 0 Å². The second kappa shape index (κ2) is 4.74. The van der Waals surface area contributed by atoms with E-state index in [2.05, 4.69) is 15.9 Å². The van der Waals surface area contributed by atoms with Crippen molar-refractivity contribution >= 4 is 25.8 Å². The van der Waals surface area contributed by atoms with Gasteiger partial charge in [-0.1, -0.05) is 46.3 Å². The predicted molar refractivity (Wildman–Crippen MR) is 75.4 cm³/mol. The molecule has 1 fully saturated rings. The summed E-state index contributed by atoms with van der Waals surface area (Å²) in [7, 11) is -3.41. The van der Waals surface area contributed by atoms with E-state index >= 15 is 0 Å². The van der Waals surface area contributed by atoms with Crippen LogP contribution in [0.15, 0.2) is 64.0 Å². The highest BCUT2D eigenvalue weighted by molar-refractivity contribution is 9.10. The molecule has 3 nitrogen and oxygen atoms in total. The first-order chi connectivity index (χ1) is 9.09. The Bertz CT molecular complexity index is 680. The van der Waals surface area contributed by atoms with Crippen LogP contribution in [0.3, 0.4) is 0 Å². The van der Waals surface area contributed by atoms with Crippen LogP contribution in [0, 0.1) is 0 Å². The standard InChI is InChI=1S/C14H11BrO3S/c15-11-8-6-10(7-9-11)13-14(18-13)19(16,17)12-4-2-1-3-5-12/h1-9,13-14H/t13-,14-/m0/s1. The van der Waals surface area contributed by atoms with E-state index in [1.165, 1.54) is 0 Å². The lowest BCUT2D eigenvalue weighted by Crippen LogP contribution is -2.09. The summed E-state index contributed by atoms with van der Waals surface area (Å²) in [4.78, 5) is 0.305. The van der Waals surface area contributed by atoms with Crippen LogP contribution >= 0.6 is 15.9 Å². The average Bonchev–Trinajstić information content (AvgIpc) is 3.22. The summed E-state index contributed by atoms with van der Waals surface area (Å²) in [5.74, 6) is 0. The van der Waals surface area contributed by atoms with E-state index < -0.39 is 15.3 Å². The van der Waals surface area contributed by atoms with Crippen LogP contribution in [0.4, 0.5) is 0 Å². The molecule has 0 N–H and O–H groups in total. The first kappa shape index (κ1) is 12.8. The van der Waals surface area contributed by atoms with Gasteiger partial charge in [0.25, 0.3) is 0 Å². The molecular formula is C14H11BrO3S. The minimum atomic E-state index is -3.41. The molecule has 0 saturated carbocycles. The number of sulfone groups is 1. The van der Waals surface area contributed by atoms with E-state index in [1.807, 2.05) is 24.3 Å². The Hall–Kier alpha value is -1.17. The highest BCUT2D eigenvalue weighted by atomic mass is 79.9. The molecule has 0 unspecified atom stereocenters. The number of hydrogen-bond acceptors (Lipinski definition) is 3. The Balaban J connectivity index is 1.85. The summed E-state index contributed by atoms with van der Waals surface area (Å²) in [6.07, 6.45) is -0.363. The normalized spacial score (nSPS) is 22.2. The fourth-order valence-corrected chi connectivity index (χ4v) is 3.79. The summed E-state index contributed by atoms with van der Waals surface area (Å²) in [5, 5.41) is 0. The van der Waals surface area contributed by atoms with Crippen molar-refractivity contribution < 1.29 is 13.2 Å². The third kappa shape index (κ3) is 2.45. The van der Waals surface area contributed by atoms with Crippen molar-refractivity contribution in [3.63, 3.8) is 0 Å². The molecule has 1 saturated heterocycles. The van der Waals surface area contributed by atoms with Gasteiger partial charge in [-0.25, -0.2) is 8.42 Å². The van der Waals surface area contributed by atoms with Gasteiger partial charge in [0.2, 0.25) is 9.84 Å². The second-order valence-corrected chi connectivity index (χ2v) is 7.28. The van der Waals surface area contributed by atoms with E-state index in [-0.39, 0.29) is 6.10 Å². The van der Waals surface area contributed by atoms with Crippen LogP contribution in [-0.4, -0.2) is 13.9 Å². The van der Waals surface area contributed by atoms with Crippen molar-refractivity contribution in [1.82, 2.24) is 0 Å². The summed E-state index contributed by atoms with van der Waals surface area (Å²) < 4.78 is 30.9. The molecule has 0 radical (unpaired) electrons. The lowest BCUT2D eigenvalue weighted by atomic mass is 10.2. The fraction of sp³-hybridized carbons (Fsp3) is 0.143. The Morgan fingerprint density at radius 2 is 1.58 bits per heavy atom. The minimum absolute atomic E-state index is 0.305. The van der Waals surface area contributed by atoms with Crippen LogP contribution in [0.2, 0.25) is 0 Å². The molecule has 1 aliphatic rings. The maximum Gasteiger partial charge on any atom is 0.208 e. The van der Waals surface area contributed by atoms with Crippen molar-refractivity contribution in [2.75, 3.05) is 0 Å². The van der Waals surface area contributed by atoms with Gasteiger partial charge in [0, 0.05) is 4.47 Å². The summed E-state index contributed by atoms with van der Waals surface area (Å²) in [6.45, 7) is 0. The fourth-order valence-electron chi connectivity index (χ4n) is 1.97. The molecule has 1 aliphatic heterocycles. The van der Waals surface area contributed by atoms with E-state index in [0.29, 0.717) is 4.90 Å². The Kier molecular flexibility index (Phi) is 3.20. The van der Waals surface area contributed by atoms with Crippen LogP contribution in [0.25, 0.3) is 0 Å². The average molecular weight is 339 g/mol. The summed E-state index contributed by atoms with van der Waals surface area (Å²) in [5.41, 5.74) is 0.115. The molecule has 19 heavy (non-hydrogen) atoms. The zero-order valence-corrected chi connectivity index (χ0v) is 12.3. The van der Waals surface area contributed by atoms with Crippen LogP contribution in [0.1, 0.15) is 11.7 Å². The smallest absolute Gasteiger partial charge is 0.208 e. The van der Waals surface area contributed by atoms with Gasteiger partial charge in [-0.3, -0.25) is 0 Å². The molecule has 0 aliphatic carbocycles. The largest absolute Gasteiger partial charge is 0.347 e. The van der Waals surface area contributed by atoms with Crippen LogP contribution < -0.4 is 0 Å². The maximum absolute atomic E-state index is 12.3. The Morgan fingerprint density at radius 3 is 2.21 bits per heavy atom. The third-order valence-electron chi connectivity index (χ3n) is 3.03. The summed E-state index contributed by atoms with van der Waals surface area (Å²) in [6, 6.07) is 15.9. The van der Waals surface area contributed by atoms with Crippen LogP contribution in [-0.2, 0) is 14.6 Å². The van der Waals surface area contributed by atoms with Crippen LogP contribution in [0.5, 0.6) is 0 Å². The highest BCUT2D eigenvalue weighted by Gasteiger charge is 2.50. The molecule has 1 heterocycles. The van der Waals surface area contributed by atoms with Gasteiger partial charge in [-0.05, 0) is 29.8 Å². The molecule has 0 spiro atoms. The molecule has 5 heteroatoms. The van der Waals surface area contributed by atoms with Gasteiger partial charge in [-0.15, -0.1) is 0 Å². The van der Waals surface area contributed by atoms with Crippen molar-refractivity contribution in [2.45, 2.75) is 16.4 Å². The molecule has 2 atom stereocenters. The van der Waals surface area contributed by atoms with Gasteiger partial charge < -0.3 is 4.74 Å². The predicted octanol–water partition coefficient (Wildman–Crippen LogP) is 3.32. The maximum atomic E-state index is 12.3. The minimum Gasteiger partial charge on any atom is -0.347 e. The molecular weight excluding hydrogens is 328 g/mol. The topological polar surface area (TPSA) is 46.7 Å². The SMILES string of the molecule is O=S(=O)(c1ccccc1)[C@@H]1O[C@H]1c1ccc(Br)cc1. The van der Waals surface area contributed by atoms with Gasteiger partial charge in [0.05, 0.1) is 4.90 Å². The molecule has 2 aromatic rings. The van der Waals surface area contributed by atoms with E-state index in [4.69, 9.17) is 4.74 Å². The van der Waals surface area contributed by atoms with Crippen molar-refractivity contribution in [3.05, 3.63) is 64.6 Å². The molecule has 0 bridgehead atoms. The lowest BCUT2D eigenvalue weighted by Gasteiger charge is -2.00. The molecule has 3 rings (SSSR count). The zero-order chi connectivity index (χ0) is 13.5. The van der Waals surface area contributed by atoms with E-state index in [1.54, 1.807) is 30.3 Å². The molecule has 0 aromatic heterocycles. The van der Waals surface area contributed by atoms with E-state index in [0.717, 1.165) is 10.0 Å². The molecule has 98 valence electrons. The third-order valence-corrected chi connectivity index (χ3v) is 5.46. The number of benzene rings is 2. The monoisotopic (exact) mass is 338 g/mol. The van der Waals surface area contributed by atoms with Crippen molar-refractivity contribution in [2.24, 2.45) is 0 Å². The number of epoxide rings is 1. The number of halogens is 1. The summed E-state index contributed by atoms with van der Waals surface area (Å²) >= 11 is 3.35. The number of ether oxygens (including phenoxy) is 1. The Morgan fingerprint density at radius 1 is 0.947 bits per heavy atom. The van der Waals surface area contributed by atoms with E-state index in [9.17, 15) is 8.42 Å². The Labute approximate surface area is 120 Å². The first-order valence-electron chi connectivity index (χ1n) is 5.79. The first-order valence-corrected chi connectivity index (χ1v) is 8.13. The second-order valence-electron chi connectivity index (χ2n) is 4.33. The lowest BCUT2D eigenvalue weighted by molar-refractivity contribution is 0.399. The van der Waals surface area contributed by atoms with Crippen molar-refractivity contribution in [3.8, 4) is 0 Å². The van der Waals surface area contributed by atoms with Gasteiger partial charge in [0.15, 0.2) is 5.44 Å². The number of rotatable bonds is 3. The molecule has 0 amide bonds. The number of hydrogen-bond donors (Lipinski definition) is 0. The highest BCUT2D eigenvalue weighted by Crippen LogP contribution is 2.44. The quantitative estimate of drug-likeness (QED) is 0.806. The van der Waals surface area contributed by atoms with Gasteiger partial charge >= 0.3 is 0 Å². The van der Waals surface area contributed by atoms with Gasteiger partial charge in [0.1, 0.15) is 6.10 Å². The van der Waals surface area contributed by atoms with Crippen molar-refractivity contribution in [1.29, 1.82) is 0 Å².